The highest BCUT2D eigenvalue weighted by molar-refractivity contribution is 9.10. The first-order valence-electron chi connectivity index (χ1n) is 5.35. The van der Waals surface area contributed by atoms with Crippen LogP contribution in [0.4, 0.5) is 4.39 Å². The van der Waals surface area contributed by atoms with Crippen molar-refractivity contribution in [2.75, 3.05) is 0 Å². The molecule has 17 heavy (non-hydrogen) atoms. The minimum atomic E-state index is -0.603. The third-order valence-electron chi connectivity index (χ3n) is 2.92. The van der Waals surface area contributed by atoms with Crippen LogP contribution >= 0.6 is 15.9 Å². The molecular formula is C13H13BrFNO. The van der Waals surface area contributed by atoms with Crippen molar-refractivity contribution in [3.05, 3.63) is 39.2 Å². The molecule has 0 fully saturated rings. The molecule has 1 aromatic carbocycles. The van der Waals surface area contributed by atoms with Crippen LogP contribution in [0, 0.1) is 19.7 Å². The van der Waals surface area contributed by atoms with E-state index in [1.165, 1.54) is 6.07 Å². The quantitative estimate of drug-likeness (QED) is 0.868. The second-order valence-electron chi connectivity index (χ2n) is 4.20. The fourth-order valence-corrected chi connectivity index (χ4v) is 2.66. The van der Waals surface area contributed by atoms with Crippen molar-refractivity contribution in [2.45, 2.75) is 26.9 Å². The second kappa shape index (κ2) is 4.35. The highest BCUT2D eigenvalue weighted by Crippen LogP contribution is 2.30. The predicted molar refractivity (Wildman–Crippen MR) is 69.5 cm³/mol. The molecule has 90 valence electrons. The summed E-state index contributed by atoms with van der Waals surface area (Å²) in [6.45, 7) is 5.36. The van der Waals surface area contributed by atoms with Gasteiger partial charge in [0, 0.05) is 21.1 Å². The summed E-state index contributed by atoms with van der Waals surface area (Å²) in [5.74, 6) is -0.349. The summed E-state index contributed by atoms with van der Waals surface area (Å²) in [5, 5.41) is 10.5. The molecule has 1 unspecified atom stereocenters. The summed E-state index contributed by atoms with van der Waals surface area (Å²) < 4.78 is 14.5. The molecule has 4 heteroatoms. The van der Waals surface area contributed by atoms with Gasteiger partial charge in [0.2, 0.25) is 0 Å². The van der Waals surface area contributed by atoms with Gasteiger partial charge in [-0.05, 0) is 38.5 Å². The lowest BCUT2D eigenvalue weighted by molar-refractivity contribution is 0.197. The summed E-state index contributed by atoms with van der Waals surface area (Å²) in [5.41, 5.74) is 2.68. The van der Waals surface area contributed by atoms with E-state index in [4.69, 9.17) is 0 Å². The molecular weight excluding hydrogens is 285 g/mol. The number of halogens is 2. The van der Waals surface area contributed by atoms with Gasteiger partial charge in [0.05, 0.1) is 6.10 Å². The van der Waals surface area contributed by atoms with Crippen LogP contribution in [-0.2, 0) is 0 Å². The van der Waals surface area contributed by atoms with Gasteiger partial charge < -0.3 is 5.11 Å². The molecule has 1 heterocycles. The van der Waals surface area contributed by atoms with Crippen molar-refractivity contribution < 1.29 is 9.50 Å². The maximum Gasteiger partial charge on any atom is 0.150 e. The second-order valence-corrected chi connectivity index (χ2v) is 5.11. The van der Waals surface area contributed by atoms with E-state index < -0.39 is 6.10 Å². The van der Waals surface area contributed by atoms with Crippen molar-refractivity contribution in [3.8, 4) is 0 Å². The monoisotopic (exact) mass is 297 g/mol. The molecule has 2 aromatic rings. The Hall–Kier alpha value is -1.00. The van der Waals surface area contributed by atoms with Crippen molar-refractivity contribution in [1.82, 2.24) is 4.98 Å². The van der Waals surface area contributed by atoms with E-state index in [9.17, 15) is 9.50 Å². The minimum Gasteiger partial charge on any atom is -0.389 e. The topological polar surface area (TPSA) is 33.1 Å². The van der Waals surface area contributed by atoms with Crippen LogP contribution in [-0.4, -0.2) is 10.1 Å². The van der Waals surface area contributed by atoms with E-state index in [1.807, 2.05) is 13.0 Å². The van der Waals surface area contributed by atoms with E-state index in [1.54, 1.807) is 13.8 Å². The van der Waals surface area contributed by atoms with E-state index >= 15 is 0 Å². The molecule has 0 saturated carbocycles. The standard InChI is InChI=1S/C13H13BrFNO/c1-6-10-4-9(14)5-11(15)13(10)16-7(2)12(6)8(3)17/h4-5,8,17H,1-3H3. The summed E-state index contributed by atoms with van der Waals surface area (Å²) in [7, 11) is 0. The predicted octanol–water partition coefficient (Wildman–Crippen LogP) is 3.81. The largest absolute Gasteiger partial charge is 0.389 e. The Balaban J connectivity index is 2.92. The lowest BCUT2D eigenvalue weighted by atomic mass is 9.98. The first kappa shape index (κ1) is 12.5. The summed E-state index contributed by atoms with van der Waals surface area (Å²) in [6, 6.07) is 3.22. The van der Waals surface area contributed by atoms with Gasteiger partial charge in [-0.25, -0.2) is 9.37 Å². The zero-order valence-corrected chi connectivity index (χ0v) is 11.5. The van der Waals surface area contributed by atoms with Crippen LogP contribution in [0.15, 0.2) is 16.6 Å². The van der Waals surface area contributed by atoms with Gasteiger partial charge in [0.1, 0.15) is 5.52 Å². The van der Waals surface area contributed by atoms with Crippen LogP contribution < -0.4 is 0 Å². The number of hydrogen-bond donors (Lipinski definition) is 1. The average molecular weight is 298 g/mol. The Kier molecular flexibility index (Phi) is 3.19. The SMILES string of the molecule is Cc1nc2c(F)cc(Br)cc2c(C)c1C(C)O. The smallest absolute Gasteiger partial charge is 0.150 e. The number of nitrogens with zero attached hydrogens (tertiary/aromatic N) is 1. The number of rotatable bonds is 1. The molecule has 0 aliphatic heterocycles. The molecule has 0 aliphatic rings. The average Bonchev–Trinajstić information content (AvgIpc) is 2.19. The molecule has 2 rings (SSSR count). The van der Waals surface area contributed by atoms with Crippen molar-refractivity contribution >= 4 is 26.8 Å². The number of pyridine rings is 1. The zero-order valence-electron chi connectivity index (χ0n) is 9.88. The maximum atomic E-state index is 13.8. The number of aryl methyl sites for hydroxylation is 2. The Morgan fingerprint density at radius 1 is 1.35 bits per heavy atom. The summed E-state index contributed by atoms with van der Waals surface area (Å²) in [6.07, 6.45) is -0.603. The Morgan fingerprint density at radius 2 is 2.00 bits per heavy atom. The number of aromatic nitrogens is 1. The normalized spacial score (nSPS) is 13.1. The zero-order chi connectivity index (χ0) is 12.7. The third-order valence-corrected chi connectivity index (χ3v) is 3.38. The first-order chi connectivity index (χ1) is 7.91. The van der Waals surface area contributed by atoms with Gasteiger partial charge >= 0.3 is 0 Å². The van der Waals surface area contributed by atoms with Crippen LogP contribution in [0.1, 0.15) is 29.8 Å². The molecule has 1 aromatic heterocycles. The number of hydrogen-bond acceptors (Lipinski definition) is 2. The minimum absolute atomic E-state index is 0.349. The Morgan fingerprint density at radius 3 is 2.59 bits per heavy atom. The van der Waals surface area contributed by atoms with Gasteiger partial charge in [0.25, 0.3) is 0 Å². The van der Waals surface area contributed by atoms with Crippen LogP contribution in [0.3, 0.4) is 0 Å². The van der Waals surface area contributed by atoms with Gasteiger partial charge in [-0.2, -0.15) is 0 Å². The number of aliphatic hydroxyl groups excluding tert-OH is 1. The highest BCUT2D eigenvalue weighted by atomic mass is 79.9. The third kappa shape index (κ3) is 2.07. The first-order valence-corrected chi connectivity index (χ1v) is 6.15. The van der Waals surface area contributed by atoms with Crippen molar-refractivity contribution in [1.29, 1.82) is 0 Å². The molecule has 1 atom stereocenters. The molecule has 0 aliphatic carbocycles. The molecule has 0 spiro atoms. The molecule has 2 nitrogen and oxygen atoms in total. The summed E-state index contributed by atoms with van der Waals surface area (Å²) in [4.78, 5) is 4.24. The van der Waals surface area contributed by atoms with Gasteiger partial charge in [0.15, 0.2) is 5.82 Å². The van der Waals surface area contributed by atoms with E-state index in [-0.39, 0.29) is 5.82 Å². The molecule has 0 saturated heterocycles. The fourth-order valence-electron chi connectivity index (χ4n) is 2.23. The molecule has 1 N–H and O–H groups in total. The molecule has 0 amide bonds. The van der Waals surface area contributed by atoms with Crippen LogP contribution in [0.2, 0.25) is 0 Å². The van der Waals surface area contributed by atoms with Crippen LogP contribution in [0.25, 0.3) is 10.9 Å². The number of fused-ring (bicyclic) bond motifs is 1. The van der Waals surface area contributed by atoms with E-state index in [0.29, 0.717) is 15.7 Å². The van der Waals surface area contributed by atoms with Gasteiger partial charge in [-0.1, -0.05) is 15.9 Å². The molecule has 0 bridgehead atoms. The Bertz CT molecular complexity index is 596. The number of benzene rings is 1. The molecule has 0 radical (unpaired) electrons. The van der Waals surface area contributed by atoms with Gasteiger partial charge in [-0.3, -0.25) is 0 Å². The lowest BCUT2D eigenvalue weighted by Crippen LogP contribution is -2.03. The summed E-state index contributed by atoms with van der Waals surface area (Å²) >= 11 is 3.27. The highest BCUT2D eigenvalue weighted by Gasteiger charge is 2.15. The van der Waals surface area contributed by atoms with E-state index in [2.05, 4.69) is 20.9 Å². The van der Waals surface area contributed by atoms with Crippen LogP contribution in [0.5, 0.6) is 0 Å². The number of aliphatic hydroxyl groups is 1. The van der Waals surface area contributed by atoms with Crippen molar-refractivity contribution in [2.24, 2.45) is 0 Å². The Labute approximate surface area is 108 Å². The fraction of sp³-hybridized carbons (Fsp3) is 0.308. The van der Waals surface area contributed by atoms with Gasteiger partial charge in [-0.15, -0.1) is 0 Å². The lowest BCUT2D eigenvalue weighted by Gasteiger charge is -2.15. The van der Waals surface area contributed by atoms with Crippen molar-refractivity contribution in [3.63, 3.8) is 0 Å². The van der Waals surface area contributed by atoms with E-state index in [0.717, 1.165) is 16.5 Å². The maximum absolute atomic E-state index is 13.8.